The fraction of sp³-hybridized carbons (Fsp3) is 0.0408. The van der Waals surface area contributed by atoms with E-state index < -0.39 is 23.5 Å². The molecule has 9 rings (SSSR count). The van der Waals surface area contributed by atoms with Gasteiger partial charge in [-0.3, -0.25) is 0 Å². The molecule has 0 bridgehead atoms. The van der Waals surface area contributed by atoms with Gasteiger partial charge in [-0.25, -0.2) is 9.97 Å². The van der Waals surface area contributed by atoms with Crippen molar-refractivity contribution >= 4 is 21.8 Å². The van der Waals surface area contributed by atoms with Crippen LogP contribution in [0.3, 0.4) is 0 Å². The predicted octanol–water partition coefficient (Wildman–Crippen LogP) is 13.8. The second kappa shape index (κ2) is 14.5. The maximum atomic E-state index is 14.4. The Hall–Kier alpha value is -7.51. The lowest BCUT2D eigenvalue weighted by Crippen LogP contribution is -2.07. The Balaban J connectivity index is 1.45. The summed E-state index contributed by atoms with van der Waals surface area (Å²) in [6.07, 6.45) is -9.39. The number of nitriles is 1. The van der Waals surface area contributed by atoms with E-state index in [2.05, 4.69) is 6.07 Å². The lowest BCUT2D eigenvalue weighted by Gasteiger charge is -2.22. The van der Waals surface area contributed by atoms with Gasteiger partial charge in [0.05, 0.1) is 50.9 Å². The minimum atomic E-state index is -4.69. The Bertz CT molecular complexity index is 2950. The SMILES string of the molecule is N#Cc1ccc2c(c1)c1ccccc1n2-c1c(-c2cccc(C(F)(F)F)c2)cc(-c2cc(-c3ccccc3)nc(-c3ccccc3)n2)cc1-c1cccc(C(F)(F)F)c1. The molecule has 0 saturated heterocycles. The molecule has 0 spiro atoms. The largest absolute Gasteiger partial charge is 0.416 e. The zero-order valence-corrected chi connectivity index (χ0v) is 30.7. The lowest BCUT2D eigenvalue weighted by molar-refractivity contribution is -0.138. The van der Waals surface area contributed by atoms with Crippen LogP contribution in [0.4, 0.5) is 26.3 Å². The van der Waals surface area contributed by atoms with Crippen LogP contribution in [0.2, 0.25) is 0 Å². The molecule has 0 radical (unpaired) electrons. The van der Waals surface area contributed by atoms with E-state index in [1.54, 1.807) is 48.5 Å². The fourth-order valence-corrected chi connectivity index (χ4v) is 7.54. The van der Waals surface area contributed by atoms with Gasteiger partial charge in [0, 0.05) is 38.6 Å². The first-order chi connectivity index (χ1) is 28.5. The molecule has 0 saturated carbocycles. The number of hydrogen-bond donors (Lipinski definition) is 0. The quantitative estimate of drug-likeness (QED) is 0.158. The number of para-hydroxylation sites is 1. The monoisotopic (exact) mass is 786 g/mol. The molecule has 2 heterocycles. The topological polar surface area (TPSA) is 54.5 Å². The van der Waals surface area contributed by atoms with Gasteiger partial charge in [-0.05, 0) is 77.9 Å². The molecular formula is C49H28F6N4. The molecule has 0 amide bonds. The Kier molecular flexibility index (Phi) is 9.09. The summed E-state index contributed by atoms with van der Waals surface area (Å²) in [4.78, 5) is 9.88. The van der Waals surface area contributed by atoms with E-state index in [-0.39, 0.29) is 11.1 Å². The van der Waals surface area contributed by atoms with Crippen LogP contribution < -0.4 is 0 Å². The molecule has 0 unspecified atom stereocenters. The number of halogens is 6. The van der Waals surface area contributed by atoms with Gasteiger partial charge in [0.2, 0.25) is 0 Å². The smallest absolute Gasteiger partial charge is 0.308 e. The van der Waals surface area contributed by atoms with Gasteiger partial charge in [-0.1, -0.05) is 103 Å². The summed E-state index contributed by atoms with van der Waals surface area (Å²) >= 11 is 0. The fourth-order valence-electron chi connectivity index (χ4n) is 7.54. The third kappa shape index (κ3) is 6.97. The molecule has 9 aromatic rings. The second-order valence-corrected chi connectivity index (χ2v) is 14.0. The Morgan fingerprint density at radius 3 is 1.53 bits per heavy atom. The highest BCUT2D eigenvalue weighted by molar-refractivity contribution is 6.11. The molecule has 7 aromatic carbocycles. The first-order valence-corrected chi connectivity index (χ1v) is 18.4. The van der Waals surface area contributed by atoms with Crippen LogP contribution in [0.15, 0.2) is 170 Å². The minimum absolute atomic E-state index is 0.171. The van der Waals surface area contributed by atoms with E-state index in [0.717, 1.165) is 35.2 Å². The summed E-state index contributed by atoms with van der Waals surface area (Å²) in [6, 6.07) is 48.4. The van der Waals surface area contributed by atoms with E-state index in [4.69, 9.17) is 9.97 Å². The summed E-state index contributed by atoms with van der Waals surface area (Å²) in [5.41, 5.74) is 3.98. The number of benzene rings is 7. The maximum absolute atomic E-state index is 14.4. The second-order valence-electron chi connectivity index (χ2n) is 14.0. The van der Waals surface area contributed by atoms with Gasteiger partial charge in [-0.15, -0.1) is 0 Å². The van der Waals surface area contributed by atoms with Crippen molar-refractivity contribution < 1.29 is 26.3 Å². The number of nitrogens with zero attached hydrogens (tertiary/aromatic N) is 4. The predicted molar refractivity (Wildman–Crippen MR) is 218 cm³/mol. The van der Waals surface area contributed by atoms with Crippen LogP contribution in [0.25, 0.3) is 83.6 Å². The maximum Gasteiger partial charge on any atom is 0.416 e. The molecule has 0 aliphatic carbocycles. The highest BCUT2D eigenvalue weighted by Crippen LogP contribution is 2.46. The standard InChI is InChI=1S/C49H28F6N4/c50-48(51,52)36-17-9-15-33(24-36)39-26-35(43-28-42(31-11-3-1-4-12-31)57-47(58-43)32-13-5-2-6-14-32)27-40(34-16-10-18-37(25-34)49(53,54)55)46(39)59-44-20-8-7-19-38(44)41-23-30(29-56)21-22-45(41)59/h1-28H. The van der Waals surface area contributed by atoms with Crippen LogP contribution in [0.1, 0.15) is 16.7 Å². The van der Waals surface area contributed by atoms with E-state index in [9.17, 15) is 31.6 Å². The lowest BCUT2D eigenvalue weighted by atomic mass is 9.90. The number of rotatable bonds is 6. The van der Waals surface area contributed by atoms with Crippen molar-refractivity contribution in [1.82, 2.24) is 14.5 Å². The highest BCUT2D eigenvalue weighted by Gasteiger charge is 2.33. The molecule has 2 aromatic heterocycles. The normalized spacial score (nSPS) is 11.9. The summed E-state index contributed by atoms with van der Waals surface area (Å²) in [6.45, 7) is 0. The van der Waals surface area contributed by atoms with E-state index in [0.29, 0.717) is 67.1 Å². The third-order valence-electron chi connectivity index (χ3n) is 10.3. The van der Waals surface area contributed by atoms with E-state index in [1.807, 2.05) is 89.5 Å². The minimum Gasteiger partial charge on any atom is -0.308 e. The van der Waals surface area contributed by atoms with Crippen molar-refractivity contribution in [2.45, 2.75) is 12.4 Å². The van der Waals surface area contributed by atoms with Gasteiger partial charge in [0.1, 0.15) is 0 Å². The Morgan fingerprint density at radius 1 is 0.441 bits per heavy atom. The zero-order valence-electron chi connectivity index (χ0n) is 30.7. The Morgan fingerprint density at radius 2 is 0.949 bits per heavy atom. The van der Waals surface area contributed by atoms with Crippen LogP contribution in [-0.4, -0.2) is 14.5 Å². The molecule has 59 heavy (non-hydrogen) atoms. The van der Waals surface area contributed by atoms with Crippen LogP contribution in [0, 0.1) is 11.3 Å². The molecule has 4 nitrogen and oxygen atoms in total. The third-order valence-corrected chi connectivity index (χ3v) is 10.3. The van der Waals surface area contributed by atoms with Gasteiger partial charge in [0.25, 0.3) is 0 Å². The van der Waals surface area contributed by atoms with Crippen LogP contribution in [-0.2, 0) is 12.4 Å². The van der Waals surface area contributed by atoms with Gasteiger partial charge in [-0.2, -0.15) is 31.6 Å². The van der Waals surface area contributed by atoms with Gasteiger partial charge in [0.15, 0.2) is 5.82 Å². The highest BCUT2D eigenvalue weighted by atomic mass is 19.4. The zero-order chi connectivity index (χ0) is 40.9. The molecule has 0 aliphatic rings. The van der Waals surface area contributed by atoms with Crippen molar-refractivity contribution in [3.8, 4) is 67.9 Å². The van der Waals surface area contributed by atoms with Crippen molar-refractivity contribution in [3.05, 3.63) is 187 Å². The molecular weight excluding hydrogens is 759 g/mol. The Labute approximate surface area is 333 Å². The number of fused-ring (bicyclic) bond motifs is 3. The summed E-state index contributed by atoms with van der Waals surface area (Å²) in [7, 11) is 0. The van der Waals surface area contributed by atoms with Crippen molar-refractivity contribution in [3.63, 3.8) is 0 Å². The van der Waals surface area contributed by atoms with E-state index >= 15 is 0 Å². The van der Waals surface area contributed by atoms with Crippen molar-refractivity contribution in [2.24, 2.45) is 0 Å². The first kappa shape index (κ1) is 37.1. The molecule has 10 heteroatoms. The number of alkyl halides is 6. The van der Waals surface area contributed by atoms with Gasteiger partial charge < -0.3 is 4.57 Å². The van der Waals surface area contributed by atoms with E-state index in [1.165, 1.54) is 12.1 Å². The average Bonchev–Trinajstić information content (AvgIpc) is 3.59. The van der Waals surface area contributed by atoms with Crippen LogP contribution >= 0.6 is 0 Å². The van der Waals surface area contributed by atoms with Crippen molar-refractivity contribution in [2.75, 3.05) is 0 Å². The molecule has 0 fully saturated rings. The molecule has 0 N–H and O–H groups in total. The summed E-state index contributed by atoms with van der Waals surface area (Å²) < 4.78 is 88.5. The summed E-state index contributed by atoms with van der Waals surface area (Å²) in [5, 5.41) is 11.3. The molecule has 0 aliphatic heterocycles. The average molecular weight is 787 g/mol. The van der Waals surface area contributed by atoms with Crippen molar-refractivity contribution in [1.29, 1.82) is 5.26 Å². The van der Waals surface area contributed by atoms with Crippen LogP contribution in [0.5, 0.6) is 0 Å². The molecule has 0 atom stereocenters. The number of hydrogen-bond acceptors (Lipinski definition) is 3. The summed E-state index contributed by atoms with van der Waals surface area (Å²) in [5.74, 6) is 0.378. The van der Waals surface area contributed by atoms with Gasteiger partial charge >= 0.3 is 12.4 Å². The molecule has 286 valence electrons. The number of aromatic nitrogens is 3. The first-order valence-electron chi connectivity index (χ1n) is 18.4.